The van der Waals surface area contributed by atoms with Gasteiger partial charge in [-0.25, -0.2) is 4.98 Å². The molecule has 6 aromatic carbocycles. The minimum absolute atomic E-state index is 0.0106. The van der Waals surface area contributed by atoms with Gasteiger partial charge in [-0.3, -0.25) is 9.05 Å². The van der Waals surface area contributed by atoms with Crippen molar-refractivity contribution < 1.29 is 0 Å². The molecular formula is C53H51N4+. The Morgan fingerprint density at radius 3 is 1.77 bits per heavy atom. The van der Waals surface area contributed by atoms with Crippen molar-refractivity contribution in [3.05, 3.63) is 204 Å². The first-order valence-corrected chi connectivity index (χ1v) is 20.3. The molecule has 0 aliphatic carbocycles. The van der Waals surface area contributed by atoms with E-state index < -0.39 is 5.41 Å². The maximum atomic E-state index is 5.03. The summed E-state index contributed by atoms with van der Waals surface area (Å²) in [5.74, 6) is 0.936. The molecule has 1 fully saturated rings. The summed E-state index contributed by atoms with van der Waals surface area (Å²) in [4.78, 5) is 5.03. The lowest BCUT2D eigenvalue weighted by atomic mass is 9.65. The molecule has 0 unspecified atom stereocenters. The van der Waals surface area contributed by atoms with Crippen LogP contribution in [0.3, 0.4) is 0 Å². The van der Waals surface area contributed by atoms with E-state index in [1.807, 2.05) is 6.20 Å². The summed E-state index contributed by atoms with van der Waals surface area (Å²) in [7, 11) is 2.36. The van der Waals surface area contributed by atoms with Crippen molar-refractivity contribution in [2.45, 2.75) is 57.8 Å². The highest BCUT2D eigenvalue weighted by Crippen LogP contribution is 2.61. The first kappa shape index (κ1) is 35.6. The largest absolute Gasteiger partial charge is 0.325 e. The van der Waals surface area contributed by atoms with E-state index in [0.717, 1.165) is 32.5 Å². The van der Waals surface area contributed by atoms with Gasteiger partial charge in [-0.05, 0) is 74.5 Å². The highest BCUT2D eigenvalue weighted by atomic mass is 15.7. The molecule has 2 atom stereocenters. The van der Waals surface area contributed by atoms with Crippen LogP contribution >= 0.6 is 0 Å². The van der Waals surface area contributed by atoms with Gasteiger partial charge < -0.3 is 4.48 Å². The smallest absolute Gasteiger partial charge is 0.181 e. The molecule has 0 spiro atoms. The molecule has 8 aromatic rings. The zero-order valence-corrected chi connectivity index (χ0v) is 34.2. The van der Waals surface area contributed by atoms with Crippen molar-refractivity contribution >= 4 is 38.9 Å². The van der Waals surface area contributed by atoms with E-state index in [4.69, 9.17) is 4.98 Å². The molecule has 2 bridgehead atoms. The Bertz CT molecular complexity index is 2790. The number of benzene rings is 6. The third-order valence-electron chi connectivity index (χ3n) is 12.9. The number of aromatic nitrogens is 2. The van der Waals surface area contributed by atoms with Gasteiger partial charge in [-0.2, -0.15) is 0 Å². The maximum absolute atomic E-state index is 5.03. The molecule has 5 heterocycles. The molecule has 4 heteroatoms. The van der Waals surface area contributed by atoms with Gasteiger partial charge in [0.2, 0.25) is 0 Å². The third kappa shape index (κ3) is 5.24. The van der Waals surface area contributed by atoms with Gasteiger partial charge in [0, 0.05) is 35.2 Å². The van der Waals surface area contributed by atoms with E-state index in [1.54, 1.807) is 0 Å². The number of rotatable bonds is 6. The van der Waals surface area contributed by atoms with Crippen LogP contribution in [-0.2, 0) is 16.2 Å². The number of quaternary nitrogens is 2. The van der Waals surface area contributed by atoms with Crippen molar-refractivity contribution in [1.29, 1.82) is 0 Å². The highest BCUT2D eigenvalue weighted by molar-refractivity contribution is 6.09. The van der Waals surface area contributed by atoms with E-state index in [2.05, 4.69) is 218 Å². The van der Waals surface area contributed by atoms with E-state index >= 15 is 0 Å². The molecule has 1 saturated heterocycles. The second kappa shape index (κ2) is 12.3. The Morgan fingerprint density at radius 1 is 0.509 bits per heavy atom. The van der Waals surface area contributed by atoms with Crippen LogP contribution in [0, 0.1) is 6.67 Å². The molecule has 3 aliphatic heterocycles. The average Bonchev–Trinajstić information content (AvgIpc) is 3.77. The van der Waals surface area contributed by atoms with Crippen LogP contribution in [0.4, 0.5) is 17.1 Å². The summed E-state index contributed by atoms with van der Waals surface area (Å²) in [6.45, 7) is 17.2. The molecule has 0 saturated carbocycles. The standard InChI is InChI=1S/C53H51N4/c1-51(2,3)39-26-28-48-49(33-39)56(7)35-57(48,36-56)43-22-16-21-41(31-43)53(37-17-10-8-11-18-37,38-19-12-9-13-20-38)42-25-27-45-44-23-14-15-24-46(44)55(47(45)32-42)50-34-40(29-30-54-50)52(4,5)6/h8-35H,36H2,1-7H3/q+1/t56-,57+/m0/s1. The molecule has 4 nitrogen and oxygen atoms in total. The summed E-state index contributed by atoms with van der Waals surface area (Å²) < 4.78 is 3.96. The van der Waals surface area contributed by atoms with Crippen LogP contribution in [0.5, 0.6) is 0 Å². The van der Waals surface area contributed by atoms with Crippen LogP contribution < -0.4 is 8.97 Å². The fourth-order valence-corrected chi connectivity index (χ4v) is 10.00. The summed E-state index contributed by atoms with van der Waals surface area (Å²) in [5, 5.41) is 2.44. The zero-order valence-electron chi connectivity index (χ0n) is 34.2. The number of hydrogen-bond acceptors (Lipinski definition) is 1. The first-order valence-electron chi connectivity index (χ1n) is 20.3. The normalized spacial score (nSPS) is 19.1. The van der Waals surface area contributed by atoms with E-state index in [0.29, 0.717) is 0 Å². The Morgan fingerprint density at radius 2 is 1.09 bits per heavy atom. The van der Waals surface area contributed by atoms with Crippen LogP contribution in [0.2, 0.25) is 0 Å². The summed E-state index contributed by atoms with van der Waals surface area (Å²) in [5.41, 5.74) is 13.4. The predicted octanol–water partition coefficient (Wildman–Crippen LogP) is 12.8. The van der Waals surface area contributed by atoms with Gasteiger partial charge in [0.1, 0.15) is 11.5 Å². The quantitative estimate of drug-likeness (QED) is 0.0942. The van der Waals surface area contributed by atoms with Crippen molar-refractivity contribution in [3.63, 3.8) is 0 Å². The van der Waals surface area contributed by atoms with Gasteiger partial charge in [0.05, 0.1) is 30.2 Å². The van der Waals surface area contributed by atoms with Crippen molar-refractivity contribution in [2.75, 3.05) is 13.7 Å². The number of nitrogens with zero attached hydrogens (tertiary/aromatic N) is 4. The number of pyridine rings is 1. The van der Waals surface area contributed by atoms with Gasteiger partial charge in [0.15, 0.2) is 18.0 Å². The zero-order chi connectivity index (χ0) is 39.4. The monoisotopic (exact) mass is 743 g/mol. The van der Waals surface area contributed by atoms with E-state index in [1.165, 1.54) is 61.2 Å². The Labute approximate surface area is 337 Å². The molecule has 11 rings (SSSR count). The average molecular weight is 744 g/mol. The Hall–Kier alpha value is -5.81. The molecule has 57 heavy (non-hydrogen) atoms. The second-order valence-corrected chi connectivity index (χ2v) is 18.6. The minimum Gasteiger partial charge on any atom is -0.325 e. The maximum Gasteiger partial charge on any atom is 0.181 e. The molecule has 282 valence electrons. The summed E-state index contributed by atoms with van der Waals surface area (Å²) in [6, 6.07) is 59.3. The molecular weight excluding hydrogens is 693 g/mol. The predicted molar refractivity (Wildman–Crippen MR) is 239 cm³/mol. The lowest BCUT2D eigenvalue weighted by molar-refractivity contribution is 0.157. The van der Waals surface area contributed by atoms with Gasteiger partial charge in [0.25, 0.3) is 0 Å². The van der Waals surface area contributed by atoms with Crippen molar-refractivity contribution in [1.82, 2.24) is 18.5 Å². The summed E-state index contributed by atoms with van der Waals surface area (Å²) >= 11 is 0. The summed E-state index contributed by atoms with van der Waals surface area (Å²) in [6.07, 6.45) is 1.97. The second-order valence-electron chi connectivity index (χ2n) is 18.6. The van der Waals surface area contributed by atoms with Crippen LogP contribution in [-0.4, -0.2) is 23.3 Å². The Balaban J connectivity index is 1.24. The SMILES string of the molecule is CC(C)(C)c1ccnc(-n2c3ccccc3c3ccc(C(c4ccccc4)(c4ccccc4)c4cccc([N@@+]56[CH-][N@@+](C)(C5)c5cc(C(C)(C)C)ccc56)c4)cc32)c1. The minimum atomic E-state index is -0.630. The fraction of sp³-hybridized carbons (Fsp3) is 0.208. The lowest BCUT2D eigenvalue weighted by Crippen LogP contribution is -2.68. The van der Waals surface area contributed by atoms with Crippen LogP contribution in [0.25, 0.3) is 27.6 Å². The molecule has 3 aliphatic rings. The van der Waals surface area contributed by atoms with Gasteiger partial charge >= 0.3 is 0 Å². The molecule has 0 amide bonds. The number of hydrogen-bond donors (Lipinski definition) is 0. The van der Waals surface area contributed by atoms with Crippen molar-refractivity contribution in [3.8, 4) is 5.82 Å². The van der Waals surface area contributed by atoms with Gasteiger partial charge in [-0.15, -0.1) is 0 Å². The van der Waals surface area contributed by atoms with E-state index in [9.17, 15) is 0 Å². The van der Waals surface area contributed by atoms with Crippen LogP contribution in [0.1, 0.15) is 74.9 Å². The number of para-hydroxylation sites is 1. The highest BCUT2D eigenvalue weighted by Gasteiger charge is 2.60. The first-order chi connectivity index (χ1) is 27.3. The van der Waals surface area contributed by atoms with Crippen molar-refractivity contribution in [2.24, 2.45) is 0 Å². The fourth-order valence-electron chi connectivity index (χ4n) is 10.00. The molecule has 0 N–H and O–H groups in total. The van der Waals surface area contributed by atoms with Crippen LogP contribution in [0.15, 0.2) is 164 Å². The molecule has 2 aromatic heterocycles. The van der Waals surface area contributed by atoms with E-state index in [-0.39, 0.29) is 10.8 Å². The molecule has 0 radical (unpaired) electrons. The lowest BCUT2D eigenvalue weighted by Gasteiger charge is -2.55. The number of fused-ring (bicyclic) bond motifs is 3. The van der Waals surface area contributed by atoms with Gasteiger partial charge in [-0.1, -0.05) is 151 Å². The topological polar surface area (TPSA) is 17.8 Å². The third-order valence-corrected chi connectivity index (χ3v) is 12.9. The Kier molecular flexibility index (Phi) is 7.71.